The van der Waals surface area contributed by atoms with Crippen molar-refractivity contribution in [1.82, 2.24) is 9.80 Å². The molecule has 4 nitrogen and oxygen atoms in total. The van der Waals surface area contributed by atoms with Crippen LogP contribution in [0.15, 0.2) is 0 Å². The first kappa shape index (κ1) is 15.8. The number of likely N-dealkylation sites (N-methyl/N-ethyl adjacent to an activating group) is 1. The Balaban J connectivity index is 2.09. The Morgan fingerprint density at radius 2 is 2.00 bits per heavy atom. The number of carbonyl (C=O) groups excluding carboxylic acids is 1. The SMILES string of the molecule is CCC1CN(C)CCCN1C(=O)C1CCCC(N)C1C. The van der Waals surface area contributed by atoms with Crippen molar-refractivity contribution in [3.63, 3.8) is 0 Å². The van der Waals surface area contributed by atoms with Crippen molar-refractivity contribution in [2.45, 2.75) is 58.0 Å². The minimum Gasteiger partial charge on any atom is -0.338 e. The minimum atomic E-state index is 0.149. The Hall–Kier alpha value is -0.610. The van der Waals surface area contributed by atoms with Gasteiger partial charge in [-0.1, -0.05) is 20.3 Å². The maximum absolute atomic E-state index is 13.0. The Morgan fingerprint density at radius 1 is 1.25 bits per heavy atom. The molecule has 4 unspecified atom stereocenters. The Morgan fingerprint density at radius 3 is 2.70 bits per heavy atom. The quantitative estimate of drug-likeness (QED) is 0.838. The fraction of sp³-hybridized carbons (Fsp3) is 0.938. The summed E-state index contributed by atoms with van der Waals surface area (Å²) in [6.07, 6.45) is 5.34. The van der Waals surface area contributed by atoms with E-state index in [1.165, 1.54) is 0 Å². The van der Waals surface area contributed by atoms with E-state index in [1.807, 2.05) is 0 Å². The van der Waals surface area contributed by atoms with Crippen molar-refractivity contribution >= 4 is 5.91 Å². The van der Waals surface area contributed by atoms with Crippen LogP contribution in [0.2, 0.25) is 0 Å². The third kappa shape index (κ3) is 3.34. The molecule has 4 heteroatoms. The van der Waals surface area contributed by atoms with E-state index in [4.69, 9.17) is 5.73 Å². The van der Waals surface area contributed by atoms with E-state index in [9.17, 15) is 4.79 Å². The molecule has 2 rings (SSSR count). The molecule has 0 aromatic heterocycles. The molecule has 1 aliphatic heterocycles. The smallest absolute Gasteiger partial charge is 0.226 e. The largest absolute Gasteiger partial charge is 0.338 e. The molecule has 116 valence electrons. The van der Waals surface area contributed by atoms with Crippen molar-refractivity contribution in [2.75, 3.05) is 26.7 Å². The van der Waals surface area contributed by atoms with Gasteiger partial charge < -0.3 is 15.5 Å². The normalized spacial score (nSPS) is 36.7. The van der Waals surface area contributed by atoms with Gasteiger partial charge in [-0.2, -0.15) is 0 Å². The van der Waals surface area contributed by atoms with Crippen LogP contribution >= 0.6 is 0 Å². The number of hydrogen-bond acceptors (Lipinski definition) is 3. The summed E-state index contributed by atoms with van der Waals surface area (Å²) in [5, 5.41) is 0. The fourth-order valence-electron chi connectivity index (χ4n) is 3.84. The van der Waals surface area contributed by atoms with E-state index in [1.54, 1.807) is 0 Å². The van der Waals surface area contributed by atoms with Gasteiger partial charge in [0.05, 0.1) is 0 Å². The summed E-state index contributed by atoms with van der Waals surface area (Å²) < 4.78 is 0. The molecule has 1 saturated carbocycles. The van der Waals surface area contributed by atoms with Crippen LogP contribution in [-0.2, 0) is 4.79 Å². The number of amides is 1. The summed E-state index contributed by atoms with van der Waals surface area (Å²) in [6.45, 7) is 7.38. The van der Waals surface area contributed by atoms with Crippen LogP contribution in [-0.4, -0.2) is 54.5 Å². The lowest BCUT2D eigenvalue weighted by Crippen LogP contribution is -2.50. The van der Waals surface area contributed by atoms with E-state index in [2.05, 4.69) is 30.7 Å². The Labute approximate surface area is 123 Å². The minimum absolute atomic E-state index is 0.149. The van der Waals surface area contributed by atoms with Crippen LogP contribution in [0.3, 0.4) is 0 Å². The van der Waals surface area contributed by atoms with Gasteiger partial charge in [-0.25, -0.2) is 0 Å². The first-order valence-electron chi connectivity index (χ1n) is 8.29. The van der Waals surface area contributed by atoms with Gasteiger partial charge >= 0.3 is 0 Å². The fourth-order valence-corrected chi connectivity index (χ4v) is 3.84. The molecule has 0 spiro atoms. The van der Waals surface area contributed by atoms with Crippen LogP contribution in [0, 0.1) is 11.8 Å². The van der Waals surface area contributed by atoms with Gasteiger partial charge in [-0.05, 0) is 45.2 Å². The molecule has 0 radical (unpaired) electrons. The number of hydrogen-bond donors (Lipinski definition) is 1. The highest BCUT2D eigenvalue weighted by Crippen LogP contribution is 2.31. The highest BCUT2D eigenvalue weighted by Gasteiger charge is 2.37. The maximum Gasteiger partial charge on any atom is 0.226 e. The second kappa shape index (κ2) is 6.90. The third-order valence-corrected chi connectivity index (χ3v) is 5.34. The summed E-state index contributed by atoms with van der Waals surface area (Å²) in [6, 6.07) is 0.577. The third-order valence-electron chi connectivity index (χ3n) is 5.34. The van der Waals surface area contributed by atoms with Crippen LogP contribution in [0.25, 0.3) is 0 Å². The van der Waals surface area contributed by atoms with Gasteiger partial charge in [-0.15, -0.1) is 0 Å². The van der Waals surface area contributed by atoms with Crippen molar-refractivity contribution in [1.29, 1.82) is 0 Å². The summed E-state index contributed by atoms with van der Waals surface area (Å²) in [7, 11) is 2.16. The van der Waals surface area contributed by atoms with E-state index in [-0.39, 0.29) is 12.0 Å². The van der Waals surface area contributed by atoms with Crippen LogP contribution < -0.4 is 5.73 Å². The molecule has 0 aromatic carbocycles. The molecule has 2 fully saturated rings. The number of nitrogens with zero attached hydrogens (tertiary/aromatic N) is 2. The standard InChI is InChI=1S/C16H31N3O/c1-4-13-11-18(3)9-6-10-19(13)16(20)14-7-5-8-15(17)12(14)2/h12-15H,4-11,17H2,1-3H3. The lowest BCUT2D eigenvalue weighted by atomic mass is 9.76. The van der Waals surface area contributed by atoms with E-state index < -0.39 is 0 Å². The van der Waals surface area contributed by atoms with Crippen LogP contribution in [0.4, 0.5) is 0 Å². The molecule has 1 amide bonds. The van der Waals surface area contributed by atoms with Crippen molar-refractivity contribution < 1.29 is 4.79 Å². The molecule has 0 bridgehead atoms. The van der Waals surface area contributed by atoms with Gasteiger partial charge in [0, 0.05) is 31.1 Å². The average molecular weight is 281 g/mol. The van der Waals surface area contributed by atoms with Gasteiger partial charge in [-0.3, -0.25) is 4.79 Å². The molecule has 1 aliphatic carbocycles. The zero-order chi connectivity index (χ0) is 14.7. The van der Waals surface area contributed by atoms with Crippen LogP contribution in [0.1, 0.15) is 46.0 Å². The first-order chi connectivity index (χ1) is 9.54. The highest BCUT2D eigenvalue weighted by molar-refractivity contribution is 5.79. The summed E-state index contributed by atoms with van der Waals surface area (Å²) >= 11 is 0. The average Bonchev–Trinajstić information content (AvgIpc) is 2.62. The van der Waals surface area contributed by atoms with Gasteiger partial charge in [0.1, 0.15) is 0 Å². The molecule has 2 N–H and O–H groups in total. The predicted molar refractivity (Wildman–Crippen MR) is 82.4 cm³/mol. The number of carbonyl (C=O) groups is 1. The van der Waals surface area contributed by atoms with Crippen LogP contribution in [0.5, 0.6) is 0 Å². The van der Waals surface area contributed by atoms with E-state index in [0.29, 0.717) is 17.9 Å². The molecule has 1 heterocycles. The first-order valence-corrected chi connectivity index (χ1v) is 8.29. The second-order valence-electron chi connectivity index (χ2n) is 6.77. The van der Waals surface area contributed by atoms with E-state index in [0.717, 1.165) is 51.7 Å². The number of nitrogens with two attached hydrogens (primary N) is 1. The van der Waals surface area contributed by atoms with Gasteiger partial charge in [0.2, 0.25) is 5.91 Å². The Kier molecular flexibility index (Phi) is 5.44. The zero-order valence-electron chi connectivity index (χ0n) is 13.3. The van der Waals surface area contributed by atoms with Crippen molar-refractivity contribution in [3.05, 3.63) is 0 Å². The summed E-state index contributed by atoms with van der Waals surface area (Å²) in [4.78, 5) is 17.5. The maximum atomic E-state index is 13.0. The molecular formula is C16H31N3O. The molecule has 0 aromatic rings. The predicted octanol–water partition coefficient (Wildman–Crippen LogP) is 1.69. The summed E-state index contributed by atoms with van der Waals surface area (Å²) in [5.41, 5.74) is 6.18. The topological polar surface area (TPSA) is 49.6 Å². The Bertz CT molecular complexity index is 334. The summed E-state index contributed by atoms with van der Waals surface area (Å²) in [5.74, 6) is 0.848. The monoisotopic (exact) mass is 281 g/mol. The molecule has 2 aliphatic rings. The molecule has 4 atom stereocenters. The van der Waals surface area contributed by atoms with Crippen molar-refractivity contribution in [3.8, 4) is 0 Å². The van der Waals surface area contributed by atoms with Gasteiger partial charge in [0.25, 0.3) is 0 Å². The molecular weight excluding hydrogens is 250 g/mol. The highest BCUT2D eigenvalue weighted by atomic mass is 16.2. The second-order valence-corrected chi connectivity index (χ2v) is 6.77. The molecule has 1 saturated heterocycles. The lowest BCUT2D eigenvalue weighted by molar-refractivity contribution is -0.141. The zero-order valence-corrected chi connectivity index (χ0v) is 13.3. The molecule has 20 heavy (non-hydrogen) atoms. The van der Waals surface area contributed by atoms with E-state index >= 15 is 0 Å². The van der Waals surface area contributed by atoms with Gasteiger partial charge in [0.15, 0.2) is 0 Å². The number of rotatable bonds is 2. The lowest BCUT2D eigenvalue weighted by Gasteiger charge is -2.39. The van der Waals surface area contributed by atoms with Crippen molar-refractivity contribution in [2.24, 2.45) is 17.6 Å².